The Labute approximate surface area is 150 Å². The minimum Gasteiger partial charge on any atom is -0.489 e. The van der Waals surface area contributed by atoms with Crippen LogP contribution in [0.3, 0.4) is 0 Å². The Morgan fingerprint density at radius 3 is 2.25 bits per heavy atom. The summed E-state index contributed by atoms with van der Waals surface area (Å²) in [5.41, 5.74) is 10.3. The van der Waals surface area contributed by atoms with Crippen molar-refractivity contribution in [3.63, 3.8) is 0 Å². The first-order valence-corrected chi connectivity index (χ1v) is 8.54. The number of ether oxygens (including phenoxy) is 1. The number of rotatable bonds is 3. The van der Waals surface area contributed by atoms with E-state index in [2.05, 4.69) is 41.3 Å². The fraction of sp³-hybridized carbons (Fsp3) is 0.400. The van der Waals surface area contributed by atoms with Crippen LogP contribution in [0, 0.1) is 12.8 Å². The highest BCUT2D eigenvalue weighted by molar-refractivity contribution is 5.85. The van der Waals surface area contributed by atoms with E-state index in [1.807, 2.05) is 13.0 Å². The number of nitrogens with two attached hydrogens (primary N) is 1. The van der Waals surface area contributed by atoms with Gasteiger partial charge < -0.3 is 10.5 Å². The van der Waals surface area contributed by atoms with Gasteiger partial charge in [-0.1, -0.05) is 24.3 Å². The molecule has 3 nitrogen and oxygen atoms in total. The first-order valence-electron chi connectivity index (χ1n) is 8.54. The lowest BCUT2D eigenvalue weighted by Crippen LogP contribution is -2.52. The lowest BCUT2D eigenvalue weighted by Gasteiger charge is -2.44. The number of aryl methyl sites for hydroxylation is 1. The summed E-state index contributed by atoms with van der Waals surface area (Å²) in [6.07, 6.45) is 2.93. The molecule has 24 heavy (non-hydrogen) atoms. The number of anilines is 1. The molecule has 3 heterocycles. The van der Waals surface area contributed by atoms with Crippen molar-refractivity contribution in [2.75, 3.05) is 25.4 Å². The smallest absolute Gasteiger partial charge is 0.119 e. The summed E-state index contributed by atoms with van der Waals surface area (Å²) in [5, 5.41) is 0. The Balaban J connectivity index is 0.00000169. The van der Waals surface area contributed by atoms with Crippen LogP contribution >= 0.6 is 12.4 Å². The highest BCUT2D eigenvalue weighted by Crippen LogP contribution is 2.31. The maximum Gasteiger partial charge on any atom is 0.119 e. The van der Waals surface area contributed by atoms with Crippen LogP contribution in [-0.2, 0) is 0 Å². The van der Waals surface area contributed by atoms with Gasteiger partial charge in [-0.15, -0.1) is 12.4 Å². The molecular weight excluding hydrogens is 320 g/mol. The zero-order valence-electron chi connectivity index (χ0n) is 14.1. The van der Waals surface area contributed by atoms with Crippen LogP contribution in [0.1, 0.15) is 18.4 Å². The highest BCUT2D eigenvalue weighted by Gasteiger charge is 2.35. The number of hydrogen-bond donors (Lipinski definition) is 1. The summed E-state index contributed by atoms with van der Waals surface area (Å²) in [5.74, 6) is 1.71. The van der Waals surface area contributed by atoms with E-state index >= 15 is 0 Å². The molecule has 2 N–H and O–H groups in total. The number of fused-ring (bicyclic) bond motifs is 3. The zero-order valence-corrected chi connectivity index (χ0v) is 14.9. The largest absolute Gasteiger partial charge is 0.489 e. The van der Waals surface area contributed by atoms with Gasteiger partial charge >= 0.3 is 0 Å². The summed E-state index contributed by atoms with van der Waals surface area (Å²) in [6.45, 7) is 5.61. The summed E-state index contributed by atoms with van der Waals surface area (Å²) < 4.78 is 6.26. The lowest BCUT2D eigenvalue weighted by molar-refractivity contribution is -0.00775. The van der Waals surface area contributed by atoms with Gasteiger partial charge in [-0.3, -0.25) is 4.90 Å². The van der Waals surface area contributed by atoms with Crippen molar-refractivity contribution in [3.05, 3.63) is 48.0 Å². The number of nitrogens with zero attached hydrogens (tertiary/aromatic N) is 1. The molecule has 3 fully saturated rings. The Kier molecular flexibility index (Phi) is 5.02. The molecule has 5 rings (SSSR count). The normalized spacial score (nSPS) is 25.1. The third-order valence-corrected chi connectivity index (χ3v) is 5.35. The maximum absolute atomic E-state index is 6.26. The second-order valence-corrected chi connectivity index (χ2v) is 6.89. The molecule has 3 saturated heterocycles. The third kappa shape index (κ3) is 3.38. The molecule has 2 bridgehead atoms. The average Bonchev–Trinajstić information content (AvgIpc) is 2.59. The van der Waals surface area contributed by atoms with Gasteiger partial charge in [0.25, 0.3) is 0 Å². The zero-order chi connectivity index (χ0) is 15.8. The molecule has 128 valence electrons. The van der Waals surface area contributed by atoms with Gasteiger partial charge in [-0.25, -0.2) is 0 Å². The van der Waals surface area contributed by atoms with Gasteiger partial charge in [0.15, 0.2) is 0 Å². The minimum absolute atomic E-state index is 0. The van der Waals surface area contributed by atoms with Crippen LogP contribution in [-0.4, -0.2) is 30.6 Å². The molecule has 4 heteroatoms. The second-order valence-electron chi connectivity index (χ2n) is 6.89. The Morgan fingerprint density at radius 2 is 1.67 bits per heavy atom. The predicted octanol–water partition coefficient (Wildman–Crippen LogP) is 4.14. The van der Waals surface area contributed by atoms with Gasteiger partial charge in [-0.05, 0) is 73.7 Å². The van der Waals surface area contributed by atoms with E-state index in [4.69, 9.17) is 10.5 Å². The standard InChI is InChI=1S/C20H24N2O.ClH/c1-14-2-3-17(12-19(14)21)15-4-6-18(7-5-15)23-20-13-22-10-8-16(20)9-11-22;/h2-7,12,16,20H,8-11,13,21H2,1H3;1H. The molecule has 0 saturated carbocycles. The van der Waals surface area contributed by atoms with E-state index in [-0.39, 0.29) is 12.4 Å². The Hall–Kier alpha value is -1.71. The van der Waals surface area contributed by atoms with Crippen molar-refractivity contribution in [3.8, 4) is 16.9 Å². The van der Waals surface area contributed by atoms with Crippen molar-refractivity contribution in [1.82, 2.24) is 4.90 Å². The topological polar surface area (TPSA) is 38.5 Å². The summed E-state index contributed by atoms with van der Waals surface area (Å²) in [7, 11) is 0. The van der Waals surface area contributed by atoms with Gasteiger partial charge in [0.05, 0.1) is 0 Å². The number of piperidine rings is 3. The molecule has 1 unspecified atom stereocenters. The quantitative estimate of drug-likeness (QED) is 0.850. The van der Waals surface area contributed by atoms with Crippen molar-refractivity contribution in [2.45, 2.75) is 25.9 Å². The predicted molar refractivity (Wildman–Crippen MR) is 102 cm³/mol. The van der Waals surface area contributed by atoms with E-state index < -0.39 is 0 Å². The second kappa shape index (κ2) is 7.04. The summed E-state index contributed by atoms with van der Waals surface area (Å²) in [6, 6.07) is 14.7. The Bertz CT molecular complexity index is 693. The van der Waals surface area contributed by atoms with E-state index in [0.717, 1.165) is 35.0 Å². The molecule has 2 aromatic rings. The van der Waals surface area contributed by atoms with E-state index in [1.54, 1.807) is 0 Å². The molecular formula is C20H25ClN2O. The molecule has 0 radical (unpaired) electrons. The van der Waals surface area contributed by atoms with Gasteiger partial charge in [0.2, 0.25) is 0 Å². The molecule has 3 aliphatic rings. The fourth-order valence-corrected chi connectivity index (χ4v) is 3.77. The SMILES string of the molecule is Cc1ccc(-c2ccc(OC3CN4CCC3CC4)cc2)cc1N.Cl. The summed E-state index contributed by atoms with van der Waals surface area (Å²) in [4.78, 5) is 2.52. The first-order chi connectivity index (χ1) is 11.2. The number of benzene rings is 2. The number of halogens is 1. The summed E-state index contributed by atoms with van der Waals surface area (Å²) >= 11 is 0. The van der Waals surface area contributed by atoms with E-state index in [9.17, 15) is 0 Å². The molecule has 0 aromatic heterocycles. The van der Waals surface area contributed by atoms with Gasteiger partial charge in [-0.2, -0.15) is 0 Å². The van der Waals surface area contributed by atoms with Crippen molar-refractivity contribution >= 4 is 18.1 Å². The molecule has 0 aliphatic carbocycles. The van der Waals surface area contributed by atoms with Crippen molar-refractivity contribution in [2.24, 2.45) is 5.92 Å². The van der Waals surface area contributed by atoms with Crippen LogP contribution in [0.25, 0.3) is 11.1 Å². The van der Waals surface area contributed by atoms with E-state index in [1.165, 1.54) is 31.5 Å². The van der Waals surface area contributed by atoms with Crippen LogP contribution in [0.5, 0.6) is 5.75 Å². The van der Waals surface area contributed by atoms with Crippen LogP contribution in [0.4, 0.5) is 5.69 Å². The number of hydrogen-bond acceptors (Lipinski definition) is 3. The van der Waals surface area contributed by atoms with Crippen molar-refractivity contribution in [1.29, 1.82) is 0 Å². The minimum atomic E-state index is 0. The lowest BCUT2D eigenvalue weighted by atomic mass is 9.86. The highest BCUT2D eigenvalue weighted by atomic mass is 35.5. The average molecular weight is 345 g/mol. The molecule has 0 spiro atoms. The molecule has 3 aliphatic heterocycles. The maximum atomic E-state index is 6.26. The third-order valence-electron chi connectivity index (χ3n) is 5.35. The molecule has 2 aromatic carbocycles. The fourth-order valence-electron chi connectivity index (χ4n) is 3.77. The van der Waals surface area contributed by atoms with E-state index in [0.29, 0.717) is 6.10 Å². The molecule has 1 atom stereocenters. The first kappa shape index (κ1) is 17.1. The Morgan fingerprint density at radius 1 is 1.00 bits per heavy atom. The monoisotopic (exact) mass is 344 g/mol. The van der Waals surface area contributed by atoms with Gasteiger partial charge in [0.1, 0.15) is 11.9 Å². The van der Waals surface area contributed by atoms with Crippen LogP contribution < -0.4 is 10.5 Å². The number of nitrogen functional groups attached to an aromatic ring is 1. The van der Waals surface area contributed by atoms with Crippen LogP contribution in [0.15, 0.2) is 42.5 Å². The van der Waals surface area contributed by atoms with Crippen LogP contribution in [0.2, 0.25) is 0 Å². The van der Waals surface area contributed by atoms with Gasteiger partial charge in [0, 0.05) is 12.2 Å². The van der Waals surface area contributed by atoms with Crippen molar-refractivity contribution < 1.29 is 4.74 Å². The molecule has 0 amide bonds.